The van der Waals surface area contributed by atoms with Crippen molar-refractivity contribution in [3.8, 4) is 0 Å². The second-order valence-corrected chi connectivity index (χ2v) is 6.93. The van der Waals surface area contributed by atoms with Crippen molar-refractivity contribution in [2.75, 3.05) is 13.1 Å². The van der Waals surface area contributed by atoms with Gasteiger partial charge in [0, 0.05) is 36.8 Å². The highest BCUT2D eigenvalue weighted by Gasteiger charge is 2.35. The molecular formula is C23H34N2O2. The second-order valence-electron chi connectivity index (χ2n) is 6.93. The van der Waals surface area contributed by atoms with Gasteiger partial charge in [-0.05, 0) is 51.5 Å². The highest BCUT2D eigenvalue weighted by molar-refractivity contribution is 5.96. The molecule has 0 aromatic heterocycles. The Morgan fingerprint density at radius 1 is 1.07 bits per heavy atom. The van der Waals surface area contributed by atoms with Gasteiger partial charge in [-0.1, -0.05) is 44.2 Å². The van der Waals surface area contributed by atoms with E-state index in [1.54, 1.807) is 0 Å². The maximum absolute atomic E-state index is 12.6. The average molecular weight is 371 g/mol. The number of fused-ring (bicyclic) bond motifs is 1. The zero-order valence-corrected chi connectivity index (χ0v) is 17.3. The van der Waals surface area contributed by atoms with E-state index in [2.05, 4.69) is 12.2 Å². The molecule has 0 atom stereocenters. The molecule has 0 aromatic rings. The molecule has 2 aliphatic heterocycles. The third-order valence-corrected chi connectivity index (χ3v) is 5.38. The minimum Gasteiger partial charge on any atom is -0.339 e. The molecule has 0 radical (unpaired) electrons. The molecule has 27 heavy (non-hydrogen) atoms. The summed E-state index contributed by atoms with van der Waals surface area (Å²) in [5.74, 6) is 0.347. The van der Waals surface area contributed by atoms with Gasteiger partial charge >= 0.3 is 0 Å². The van der Waals surface area contributed by atoms with Crippen LogP contribution < -0.4 is 0 Å². The van der Waals surface area contributed by atoms with Crippen molar-refractivity contribution in [3.05, 3.63) is 47.2 Å². The Kier molecular flexibility index (Phi) is 8.08. The molecule has 2 heterocycles. The highest BCUT2D eigenvalue weighted by atomic mass is 16.2. The van der Waals surface area contributed by atoms with E-state index < -0.39 is 0 Å². The summed E-state index contributed by atoms with van der Waals surface area (Å²) < 4.78 is 0. The predicted octanol–water partition coefficient (Wildman–Crippen LogP) is 4.75. The van der Waals surface area contributed by atoms with E-state index in [0.29, 0.717) is 19.5 Å². The van der Waals surface area contributed by atoms with E-state index in [1.165, 1.54) is 5.57 Å². The van der Waals surface area contributed by atoms with Crippen LogP contribution in [0.2, 0.25) is 0 Å². The first-order chi connectivity index (χ1) is 13.2. The number of carbonyl (C=O) groups is 2. The van der Waals surface area contributed by atoms with Crippen LogP contribution in [-0.2, 0) is 9.59 Å². The zero-order chi connectivity index (χ0) is 19.8. The third-order valence-electron chi connectivity index (χ3n) is 5.38. The second kappa shape index (κ2) is 10.3. The summed E-state index contributed by atoms with van der Waals surface area (Å²) in [7, 11) is 0. The van der Waals surface area contributed by atoms with Gasteiger partial charge < -0.3 is 9.80 Å². The quantitative estimate of drug-likeness (QED) is 0.531. The zero-order valence-electron chi connectivity index (χ0n) is 17.3. The van der Waals surface area contributed by atoms with Crippen LogP contribution in [0.1, 0.15) is 66.2 Å². The summed E-state index contributed by atoms with van der Waals surface area (Å²) in [6.07, 6.45) is 15.5. The van der Waals surface area contributed by atoms with Crippen molar-refractivity contribution in [1.29, 1.82) is 0 Å². The first-order valence-corrected chi connectivity index (χ1v) is 10.5. The fourth-order valence-electron chi connectivity index (χ4n) is 4.07. The van der Waals surface area contributed by atoms with Crippen LogP contribution in [0.25, 0.3) is 0 Å². The maximum Gasteiger partial charge on any atom is 0.253 e. The Labute approximate surface area is 164 Å². The molecule has 0 spiro atoms. The number of carbonyl (C=O) groups excluding carboxylic acids is 2. The number of amides is 2. The van der Waals surface area contributed by atoms with Crippen molar-refractivity contribution >= 4 is 11.8 Å². The molecule has 2 fully saturated rings. The molecular weight excluding hydrogens is 336 g/mol. The Bertz CT molecular complexity index is 662. The highest BCUT2D eigenvalue weighted by Crippen LogP contribution is 2.35. The lowest BCUT2D eigenvalue weighted by atomic mass is 9.90. The molecule has 2 amide bonds. The van der Waals surface area contributed by atoms with Crippen LogP contribution >= 0.6 is 0 Å². The fraction of sp³-hybridized carbons (Fsp3) is 0.565. The van der Waals surface area contributed by atoms with Crippen LogP contribution in [0.5, 0.6) is 0 Å². The summed E-state index contributed by atoms with van der Waals surface area (Å²) in [6.45, 7) is 9.26. The summed E-state index contributed by atoms with van der Waals surface area (Å²) >= 11 is 0. The van der Waals surface area contributed by atoms with E-state index in [9.17, 15) is 9.59 Å². The molecule has 0 unspecified atom stereocenters. The normalized spacial score (nSPS) is 21.3. The molecule has 0 saturated carbocycles. The van der Waals surface area contributed by atoms with Crippen LogP contribution in [0.4, 0.5) is 0 Å². The number of rotatable bonds is 3. The van der Waals surface area contributed by atoms with Gasteiger partial charge in [-0.2, -0.15) is 0 Å². The Hall–Kier alpha value is -2.10. The van der Waals surface area contributed by atoms with Gasteiger partial charge in [0.2, 0.25) is 5.91 Å². The molecule has 0 aromatic carbocycles. The van der Waals surface area contributed by atoms with Gasteiger partial charge in [0.15, 0.2) is 0 Å². The number of allylic oxidation sites excluding steroid dienone is 5. The first-order valence-electron chi connectivity index (χ1n) is 10.5. The minimum absolute atomic E-state index is 0.0986. The predicted molar refractivity (Wildman–Crippen MR) is 111 cm³/mol. The average Bonchev–Trinajstić information content (AvgIpc) is 2.73. The Morgan fingerprint density at radius 2 is 1.74 bits per heavy atom. The molecule has 1 aliphatic carbocycles. The smallest absolute Gasteiger partial charge is 0.253 e. The topological polar surface area (TPSA) is 40.6 Å². The van der Waals surface area contributed by atoms with Gasteiger partial charge in [-0.15, -0.1) is 0 Å². The van der Waals surface area contributed by atoms with E-state index in [-0.39, 0.29) is 17.9 Å². The van der Waals surface area contributed by atoms with Crippen LogP contribution in [0, 0.1) is 0 Å². The SMILES string of the molecule is C/C=C\C(=C/C)C(=O)N1CCC(N2C(=O)CCC3=CCCC=C32)CC1.CC. The molecule has 0 bridgehead atoms. The van der Waals surface area contributed by atoms with Crippen molar-refractivity contribution in [2.45, 2.75) is 72.3 Å². The van der Waals surface area contributed by atoms with Gasteiger partial charge in [0.1, 0.15) is 0 Å². The lowest BCUT2D eigenvalue weighted by Gasteiger charge is -2.43. The summed E-state index contributed by atoms with van der Waals surface area (Å²) in [5, 5.41) is 0. The lowest BCUT2D eigenvalue weighted by molar-refractivity contribution is -0.134. The van der Waals surface area contributed by atoms with E-state index in [4.69, 9.17) is 0 Å². The first kappa shape index (κ1) is 21.2. The molecule has 4 heteroatoms. The third kappa shape index (κ3) is 4.79. The van der Waals surface area contributed by atoms with Gasteiger partial charge in [-0.3, -0.25) is 9.59 Å². The molecule has 2 saturated heterocycles. The molecule has 3 aliphatic rings. The molecule has 4 nitrogen and oxygen atoms in total. The number of hydrogen-bond acceptors (Lipinski definition) is 2. The van der Waals surface area contributed by atoms with Crippen molar-refractivity contribution in [3.63, 3.8) is 0 Å². The monoisotopic (exact) mass is 370 g/mol. The summed E-state index contributed by atoms with van der Waals surface area (Å²) in [5.41, 5.74) is 3.24. The summed E-state index contributed by atoms with van der Waals surface area (Å²) in [6, 6.07) is 0.223. The maximum atomic E-state index is 12.6. The molecule has 0 N–H and O–H groups in total. The number of hydrogen-bond donors (Lipinski definition) is 0. The lowest BCUT2D eigenvalue weighted by Crippen LogP contribution is -2.50. The van der Waals surface area contributed by atoms with E-state index >= 15 is 0 Å². The Balaban J connectivity index is 0.00000126. The molecule has 3 rings (SSSR count). The van der Waals surface area contributed by atoms with Crippen molar-refractivity contribution in [1.82, 2.24) is 9.80 Å². The number of piperidine rings is 2. The Morgan fingerprint density at radius 3 is 2.37 bits per heavy atom. The van der Waals surface area contributed by atoms with Crippen LogP contribution in [0.3, 0.4) is 0 Å². The van der Waals surface area contributed by atoms with Gasteiger partial charge in [0.25, 0.3) is 5.91 Å². The number of nitrogens with zero attached hydrogens (tertiary/aromatic N) is 2. The fourth-order valence-corrected chi connectivity index (χ4v) is 4.07. The standard InChI is InChI=1S/C21H28N2O2.C2H6/c1-3-7-16(4-2)21(25)22-14-12-18(13-15-22)23-19-9-6-5-8-17(19)10-11-20(23)24;1-2/h3-4,7-9,18H,5-6,10-15H2,1-2H3;1-2H3/b7-3-,16-4+;. The minimum atomic E-state index is 0.0986. The van der Waals surface area contributed by atoms with Crippen LogP contribution in [-0.4, -0.2) is 40.7 Å². The summed E-state index contributed by atoms with van der Waals surface area (Å²) in [4.78, 5) is 29.1. The van der Waals surface area contributed by atoms with Gasteiger partial charge in [-0.25, -0.2) is 0 Å². The van der Waals surface area contributed by atoms with Crippen molar-refractivity contribution in [2.24, 2.45) is 0 Å². The number of likely N-dealkylation sites (tertiary alicyclic amines) is 2. The largest absolute Gasteiger partial charge is 0.339 e. The van der Waals surface area contributed by atoms with Crippen LogP contribution in [0.15, 0.2) is 47.2 Å². The van der Waals surface area contributed by atoms with Crippen molar-refractivity contribution < 1.29 is 9.59 Å². The van der Waals surface area contributed by atoms with Gasteiger partial charge in [0.05, 0.1) is 0 Å². The van der Waals surface area contributed by atoms with E-state index in [1.807, 2.05) is 55.7 Å². The van der Waals surface area contributed by atoms with E-state index in [0.717, 1.165) is 43.4 Å². The molecule has 148 valence electrons.